The van der Waals surface area contributed by atoms with Crippen molar-refractivity contribution in [2.45, 2.75) is 31.4 Å². The number of aliphatic hydroxyl groups excluding tert-OH is 1. The van der Waals surface area contributed by atoms with Crippen LogP contribution < -0.4 is 10.1 Å². The Morgan fingerprint density at radius 1 is 1.37 bits per heavy atom. The Balaban J connectivity index is 2.20. The molecule has 2 N–H and O–H groups in total. The molecule has 1 aliphatic rings. The van der Waals surface area contributed by atoms with Crippen LogP contribution in [0.15, 0.2) is 12.1 Å². The van der Waals surface area contributed by atoms with Crippen molar-refractivity contribution in [2.24, 2.45) is 0 Å². The van der Waals surface area contributed by atoms with E-state index in [9.17, 15) is 9.90 Å². The minimum atomic E-state index is -0.488. The molecule has 0 spiro atoms. The smallest absolute Gasteiger partial charge is 0.255 e. The zero-order valence-corrected chi connectivity index (χ0v) is 12.0. The minimum Gasteiger partial charge on any atom is -0.496 e. The summed E-state index contributed by atoms with van der Waals surface area (Å²) in [4.78, 5) is 12.2. The summed E-state index contributed by atoms with van der Waals surface area (Å²) < 4.78 is 5.13. The maximum absolute atomic E-state index is 12.2. The molecule has 0 saturated heterocycles. The SMILES string of the molecule is COc1cc(Cl)c(Cl)cc1C(=O)N[C@H]1CCC[C@@H]1O. The molecule has 1 aromatic carbocycles. The molecule has 0 aromatic heterocycles. The molecule has 1 saturated carbocycles. The topological polar surface area (TPSA) is 58.6 Å². The van der Waals surface area contributed by atoms with Crippen LogP contribution in [0.1, 0.15) is 29.6 Å². The molecule has 0 heterocycles. The minimum absolute atomic E-state index is 0.216. The lowest BCUT2D eigenvalue weighted by Crippen LogP contribution is -2.39. The molecule has 1 amide bonds. The molecule has 0 unspecified atom stereocenters. The monoisotopic (exact) mass is 303 g/mol. The quantitative estimate of drug-likeness (QED) is 0.902. The summed E-state index contributed by atoms with van der Waals surface area (Å²) in [7, 11) is 1.46. The number of nitrogens with one attached hydrogen (secondary N) is 1. The molecule has 2 rings (SSSR count). The van der Waals surface area contributed by atoms with Crippen LogP contribution in [0.3, 0.4) is 0 Å². The third-order valence-corrected chi connectivity index (χ3v) is 4.01. The van der Waals surface area contributed by atoms with E-state index in [1.165, 1.54) is 19.2 Å². The van der Waals surface area contributed by atoms with E-state index >= 15 is 0 Å². The average molecular weight is 304 g/mol. The van der Waals surface area contributed by atoms with Crippen LogP contribution in [0.5, 0.6) is 5.75 Å². The van der Waals surface area contributed by atoms with E-state index in [2.05, 4.69) is 5.32 Å². The molecule has 2 atom stereocenters. The highest BCUT2D eigenvalue weighted by molar-refractivity contribution is 6.42. The Labute approximate surface area is 121 Å². The van der Waals surface area contributed by atoms with Crippen LogP contribution in [-0.2, 0) is 0 Å². The number of ether oxygens (including phenoxy) is 1. The molecule has 4 nitrogen and oxygen atoms in total. The molecule has 19 heavy (non-hydrogen) atoms. The number of aliphatic hydroxyl groups is 1. The standard InChI is InChI=1S/C13H15Cl2NO3/c1-19-12-6-9(15)8(14)5-7(12)13(18)16-10-3-2-4-11(10)17/h5-6,10-11,17H,2-4H2,1H3,(H,16,18)/t10-,11-/m0/s1. The third kappa shape index (κ3) is 3.14. The molecule has 1 aromatic rings. The zero-order valence-electron chi connectivity index (χ0n) is 10.5. The first-order valence-electron chi connectivity index (χ1n) is 6.05. The van der Waals surface area contributed by atoms with E-state index in [4.69, 9.17) is 27.9 Å². The predicted molar refractivity (Wildman–Crippen MR) is 74.1 cm³/mol. The highest BCUT2D eigenvalue weighted by atomic mass is 35.5. The van der Waals surface area contributed by atoms with Gasteiger partial charge in [-0.1, -0.05) is 23.2 Å². The van der Waals surface area contributed by atoms with Gasteiger partial charge < -0.3 is 15.2 Å². The van der Waals surface area contributed by atoms with Crippen molar-refractivity contribution >= 4 is 29.1 Å². The van der Waals surface area contributed by atoms with Gasteiger partial charge in [0, 0.05) is 6.07 Å². The molecular weight excluding hydrogens is 289 g/mol. The third-order valence-electron chi connectivity index (χ3n) is 3.28. The molecule has 1 aliphatic carbocycles. The summed E-state index contributed by atoms with van der Waals surface area (Å²) in [5, 5.41) is 13.1. The Morgan fingerprint density at radius 2 is 2.05 bits per heavy atom. The van der Waals surface area contributed by atoms with Crippen molar-refractivity contribution in [1.29, 1.82) is 0 Å². The number of methoxy groups -OCH3 is 1. The van der Waals surface area contributed by atoms with Crippen LogP contribution in [0.25, 0.3) is 0 Å². The Morgan fingerprint density at radius 3 is 2.63 bits per heavy atom. The second-order valence-corrected chi connectivity index (χ2v) is 5.36. The van der Waals surface area contributed by atoms with Crippen molar-refractivity contribution in [3.8, 4) is 5.75 Å². The fourth-order valence-corrected chi connectivity index (χ4v) is 2.55. The number of halogens is 2. The van der Waals surface area contributed by atoms with Crippen LogP contribution in [0, 0.1) is 0 Å². The zero-order chi connectivity index (χ0) is 14.0. The van der Waals surface area contributed by atoms with Crippen LogP contribution in [0.2, 0.25) is 10.0 Å². The van der Waals surface area contributed by atoms with E-state index in [1.54, 1.807) is 0 Å². The van der Waals surface area contributed by atoms with Gasteiger partial charge in [0.1, 0.15) is 5.75 Å². The van der Waals surface area contributed by atoms with Gasteiger partial charge in [0.25, 0.3) is 5.91 Å². The van der Waals surface area contributed by atoms with Gasteiger partial charge in [-0.2, -0.15) is 0 Å². The average Bonchev–Trinajstić information content (AvgIpc) is 2.77. The number of hydrogen-bond acceptors (Lipinski definition) is 3. The second-order valence-electron chi connectivity index (χ2n) is 4.54. The van der Waals surface area contributed by atoms with E-state index in [0.717, 1.165) is 12.8 Å². The summed E-state index contributed by atoms with van der Waals surface area (Å²) in [6, 6.07) is 2.76. The number of carbonyl (C=O) groups is 1. The number of rotatable bonds is 3. The number of carbonyl (C=O) groups excluding carboxylic acids is 1. The van der Waals surface area contributed by atoms with E-state index in [1.807, 2.05) is 0 Å². The molecule has 1 fully saturated rings. The van der Waals surface area contributed by atoms with E-state index < -0.39 is 6.10 Å². The van der Waals surface area contributed by atoms with Gasteiger partial charge >= 0.3 is 0 Å². The number of hydrogen-bond donors (Lipinski definition) is 2. The van der Waals surface area contributed by atoms with Crippen LogP contribution >= 0.6 is 23.2 Å². The van der Waals surface area contributed by atoms with E-state index in [-0.39, 0.29) is 11.9 Å². The van der Waals surface area contributed by atoms with Crippen molar-refractivity contribution < 1.29 is 14.6 Å². The molecule has 0 radical (unpaired) electrons. The lowest BCUT2D eigenvalue weighted by atomic mass is 10.1. The first-order chi connectivity index (χ1) is 9.02. The van der Waals surface area contributed by atoms with Gasteiger partial charge in [-0.25, -0.2) is 0 Å². The molecule has 104 valence electrons. The molecule has 0 aliphatic heterocycles. The van der Waals surface area contributed by atoms with Gasteiger partial charge in [0.15, 0.2) is 0 Å². The van der Waals surface area contributed by atoms with Crippen molar-refractivity contribution in [1.82, 2.24) is 5.32 Å². The maximum Gasteiger partial charge on any atom is 0.255 e. The van der Waals surface area contributed by atoms with E-state index in [0.29, 0.717) is 27.8 Å². The first-order valence-corrected chi connectivity index (χ1v) is 6.80. The maximum atomic E-state index is 12.2. The molecule has 0 bridgehead atoms. The van der Waals surface area contributed by atoms with Crippen molar-refractivity contribution in [2.75, 3.05) is 7.11 Å². The fourth-order valence-electron chi connectivity index (χ4n) is 2.23. The predicted octanol–water partition coefficient (Wildman–Crippen LogP) is 2.65. The van der Waals surface area contributed by atoms with Gasteiger partial charge in [-0.05, 0) is 25.3 Å². The highest BCUT2D eigenvalue weighted by Gasteiger charge is 2.28. The lowest BCUT2D eigenvalue weighted by Gasteiger charge is -2.17. The van der Waals surface area contributed by atoms with Crippen molar-refractivity contribution in [3.63, 3.8) is 0 Å². The summed E-state index contributed by atoms with van der Waals surface area (Å²) in [5.41, 5.74) is 0.316. The van der Waals surface area contributed by atoms with Crippen LogP contribution in [-0.4, -0.2) is 30.3 Å². The number of benzene rings is 1. The van der Waals surface area contributed by atoms with Gasteiger partial charge in [-0.3, -0.25) is 4.79 Å². The summed E-state index contributed by atoms with van der Waals surface area (Å²) >= 11 is 11.8. The Bertz CT molecular complexity index is 493. The fraction of sp³-hybridized carbons (Fsp3) is 0.462. The Hall–Kier alpha value is -0.970. The van der Waals surface area contributed by atoms with Gasteiger partial charge in [0.05, 0.1) is 34.9 Å². The van der Waals surface area contributed by atoms with Crippen molar-refractivity contribution in [3.05, 3.63) is 27.7 Å². The largest absolute Gasteiger partial charge is 0.496 e. The number of amides is 1. The second kappa shape index (κ2) is 5.99. The van der Waals surface area contributed by atoms with Gasteiger partial charge in [0.2, 0.25) is 0 Å². The summed E-state index contributed by atoms with van der Waals surface area (Å²) in [6.45, 7) is 0. The molecular formula is C13H15Cl2NO3. The summed E-state index contributed by atoms with van der Waals surface area (Å²) in [5.74, 6) is 0.0424. The van der Waals surface area contributed by atoms with Crippen LogP contribution in [0.4, 0.5) is 0 Å². The highest BCUT2D eigenvalue weighted by Crippen LogP contribution is 2.31. The normalized spacial score (nSPS) is 22.3. The molecule has 6 heteroatoms. The summed E-state index contributed by atoms with van der Waals surface area (Å²) in [6.07, 6.45) is 1.91. The van der Waals surface area contributed by atoms with Gasteiger partial charge in [-0.15, -0.1) is 0 Å². The lowest BCUT2D eigenvalue weighted by molar-refractivity contribution is 0.0870. The Kier molecular flexibility index (Phi) is 4.55. The first kappa shape index (κ1) is 14.4.